The lowest BCUT2D eigenvalue weighted by atomic mass is 10.3. The van der Waals surface area contributed by atoms with Crippen molar-refractivity contribution in [2.24, 2.45) is 10.7 Å². The molecule has 2 N–H and O–H groups in total. The minimum absolute atomic E-state index is 0. The van der Waals surface area contributed by atoms with Gasteiger partial charge in [0.1, 0.15) is 0 Å². The highest BCUT2D eigenvalue weighted by Gasteiger charge is 2.27. The Morgan fingerprint density at radius 2 is 2.38 bits per heavy atom. The van der Waals surface area contributed by atoms with E-state index in [9.17, 15) is 0 Å². The van der Waals surface area contributed by atoms with Gasteiger partial charge in [0.2, 0.25) is 0 Å². The van der Waals surface area contributed by atoms with Gasteiger partial charge in [-0.15, -0.1) is 35.3 Å². The Hall–Kier alpha value is -0.300. The largest absolute Gasteiger partial charge is 0.370 e. The van der Waals surface area contributed by atoms with Crippen LogP contribution in [0.15, 0.2) is 22.5 Å². The Balaban J connectivity index is 0.00000128. The number of nitrogens with two attached hydrogens (primary N) is 1. The molecule has 1 aromatic rings. The summed E-state index contributed by atoms with van der Waals surface area (Å²) in [5.41, 5.74) is 5.88. The number of nitrogens with zero attached hydrogens (tertiary/aromatic N) is 2. The van der Waals surface area contributed by atoms with Gasteiger partial charge in [0, 0.05) is 30.9 Å². The molecular weight excluding hydrogens is 333 g/mol. The molecule has 5 heteroatoms. The van der Waals surface area contributed by atoms with E-state index in [1.165, 1.54) is 17.7 Å². The lowest BCUT2D eigenvalue weighted by Crippen LogP contribution is -2.35. The molecule has 0 saturated heterocycles. The predicted molar refractivity (Wildman–Crippen MR) is 80.7 cm³/mol. The second-order valence-corrected chi connectivity index (χ2v) is 4.94. The highest BCUT2D eigenvalue weighted by molar-refractivity contribution is 14.0. The Morgan fingerprint density at radius 1 is 1.62 bits per heavy atom. The first-order valence-electron chi connectivity index (χ1n) is 5.32. The van der Waals surface area contributed by atoms with E-state index in [2.05, 4.69) is 27.4 Å². The molecule has 0 aromatic carbocycles. The molecule has 0 aliphatic heterocycles. The Kier molecular flexibility index (Phi) is 5.54. The molecule has 0 radical (unpaired) electrons. The minimum Gasteiger partial charge on any atom is -0.370 e. The second kappa shape index (κ2) is 6.44. The van der Waals surface area contributed by atoms with E-state index in [0.29, 0.717) is 12.0 Å². The predicted octanol–water partition coefficient (Wildman–Crippen LogP) is 2.32. The van der Waals surface area contributed by atoms with E-state index in [1.807, 2.05) is 7.05 Å². The second-order valence-electron chi connectivity index (χ2n) is 3.91. The topological polar surface area (TPSA) is 41.6 Å². The van der Waals surface area contributed by atoms with E-state index in [-0.39, 0.29) is 24.0 Å². The summed E-state index contributed by atoms with van der Waals surface area (Å²) >= 11 is 1.78. The van der Waals surface area contributed by atoms with Crippen molar-refractivity contribution in [1.82, 2.24) is 4.90 Å². The van der Waals surface area contributed by atoms with Crippen LogP contribution in [-0.4, -0.2) is 30.5 Å². The maximum absolute atomic E-state index is 5.88. The maximum atomic E-state index is 5.88. The van der Waals surface area contributed by atoms with Gasteiger partial charge in [-0.25, -0.2) is 0 Å². The van der Waals surface area contributed by atoms with E-state index < -0.39 is 0 Å². The highest BCUT2D eigenvalue weighted by atomic mass is 127. The molecule has 2 rings (SSSR count). The number of thiophene rings is 1. The molecule has 90 valence electrons. The molecule has 1 saturated carbocycles. The Bertz CT molecular complexity index is 333. The molecule has 0 spiro atoms. The quantitative estimate of drug-likeness (QED) is 0.514. The van der Waals surface area contributed by atoms with E-state index in [1.54, 1.807) is 11.3 Å². The van der Waals surface area contributed by atoms with Gasteiger partial charge in [-0.2, -0.15) is 0 Å². The number of aliphatic imine (C=N–C) groups is 1. The normalized spacial score (nSPS) is 15.7. The summed E-state index contributed by atoms with van der Waals surface area (Å²) in [5, 5.41) is 2.10. The molecule has 1 aromatic heterocycles. The zero-order chi connectivity index (χ0) is 10.7. The summed E-state index contributed by atoms with van der Waals surface area (Å²) < 4.78 is 0. The number of halogens is 1. The zero-order valence-corrected chi connectivity index (χ0v) is 12.6. The minimum atomic E-state index is 0. The zero-order valence-electron chi connectivity index (χ0n) is 9.43. The van der Waals surface area contributed by atoms with Crippen molar-refractivity contribution in [3.05, 3.63) is 22.4 Å². The average molecular weight is 351 g/mol. The lowest BCUT2D eigenvalue weighted by Gasteiger charge is -2.16. The van der Waals surface area contributed by atoms with Crippen LogP contribution < -0.4 is 5.73 Å². The SMILES string of the molecule is CN(C(N)=NCCc1cccs1)C1CC1.I. The molecule has 3 nitrogen and oxygen atoms in total. The van der Waals surface area contributed by atoms with Crippen LogP contribution in [0.1, 0.15) is 17.7 Å². The first-order chi connectivity index (χ1) is 7.27. The van der Waals surface area contributed by atoms with E-state index >= 15 is 0 Å². The van der Waals surface area contributed by atoms with Crippen LogP contribution in [0.4, 0.5) is 0 Å². The number of guanidine groups is 1. The average Bonchev–Trinajstić information content (AvgIpc) is 2.96. The van der Waals surface area contributed by atoms with Crippen molar-refractivity contribution in [3.63, 3.8) is 0 Å². The van der Waals surface area contributed by atoms with Gasteiger partial charge in [-0.1, -0.05) is 6.07 Å². The third-order valence-corrected chi connectivity index (χ3v) is 3.60. The van der Waals surface area contributed by atoms with Crippen LogP contribution in [0.3, 0.4) is 0 Å². The van der Waals surface area contributed by atoms with Gasteiger partial charge >= 0.3 is 0 Å². The van der Waals surface area contributed by atoms with Crippen molar-refractivity contribution in [2.45, 2.75) is 25.3 Å². The Labute approximate surface area is 118 Å². The first-order valence-corrected chi connectivity index (χ1v) is 6.20. The molecule has 1 aliphatic rings. The molecular formula is C11H18IN3S. The first kappa shape index (κ1) is 13.8. The lowest BCUT2D eigenvalue weighted by molar-refractivity contribution is 0.487. The standard InChI is InChI=1S/C11H17N3S.HI/c1-14(9-4-5-9)11(12)13-7-6-10-3-2-8-15-10;/h2-3,8-9H,4-7H2,1H3,(H2,12,13);1H. The van der Waals surface area contributed by atoms with E-state index in [4.69, 9.17) is 5.73 Å². The van der Waals surface area contributed by atoms with Gasteiger partial charge < -0.3 is 10.6 Å². The maximum Gasteiger partial charge on any atom is 0.191 e. The summed E-state index contributed by atoms with van der Waals surface area (Å²) in [4.78, 5) is 7.85. The fourth-order valence-electron chi connectivity index (χ4n) is 1.50. The Morgan fingerprint density at radius 3 is 2.94 bits per heavy atom. The molecule has 0 atom stereocenters. The van der Waals surface area contributed by atoms with Gasteiger partial charge in [0.05, 0.1) is 0 Å². The third-order valence-electron chi connectivity index (χ3n) is 2.67. The van der Waals surface area contributed by atoms with Gasteiger partial charge in [0.25, 0.3) is 0 Å². The van der Waals surface area contributed by atoms with Crippen molar-refractivity contribution in [3.8, 4) is 0 Å². The molecule has 0 amide bonds. The molecule has 1 heterocycles. The summed E-state index contributed by atoms with van der Waals surface area (Å²) in [5.74, 6) is 0.689. The van der Waals surface area contributed by atoms with Crippen LogP contribution >= 0.6 is 35.3 Å². The van der Waals surface area contributed by atoms with Crippen molar-refractivity contribution in [1.29, 1.82) is 0 Å². The monoisotopic (exact) mass is 351 g/mol. The third kappa shape index (κ3) is 3.93. The summed E-state index contributed by atoms with van der Waals surface area (Å²) in [7, 11) is 2.03. The van der Waals surface area contributed by atoms with E-state index in [0.717, 1.165) is 13.0 Å². The summed E-state index contributed by atoms with van der Waals surface area (Å²) in [6.45, 7) is 0.795. The summed E-state index contributed by atoms with van der Waals surface area (Å²) in [6.07, 6.45) is 3.52. The van der Waals surface area contributed by atoms with Gasteiger partial charge in [-0.05, 0) is 24.3 Å². The smallest absolute Gasteiger partial charge is 0.191 e. The van der Waals surface area contributed by atoms with Gasteiger partial charge in [-0.3, -0.25) is 4.99 Å². The van der Waals surface area contributed by atoms with Crippen LogP contribution in [0.25, 0.3) is 0 Å². The van der Waals surface area contributed by atoms with Crippen LogP contribution in [0, 0.1) is 0 Å². The molecule has 0 unspecified atom stereocenters. The molecule has 0 bridgehead atoms. The molecule has 1 aliphatic carbocycles. The number of hydrogen-bond acceptors (Lipinski definition) is 2. The van der Waals surface area contributed by atoms with Crippen LogP contribution in [-0.2, 0) is 6.42 Å². The highest BCUT2D eigenvalue weighted by Crippen LogP contribution is 2.24. The summed E-state index contributed by atoms with van der Waals surface area (Å²) in [6, 6.07) is 4.86. The number of rotatable bonds is 4. The molecule has 16 heavy (non-hydrogen) atoms. The van der Waals surface area contributed by atoms with Gasteiger partial charge in [0.15, 0.2) is 5.96 Å². The fourth-order valence-corrected chi connectivity index (χ4v) is 2.19. The fraction of sp³-hybridized carbons (Fsp3) is 0.545. The van der Waals surface area contributed by atoms with Crippen molar-refractivity contribution < 1.29 is 0 Å². The van der Waals surface area contributed by atoms with Crippen molar-refractivity contribution >= 4 is 41.3 Å². The van der Waals surface area contributed by atoms with Crippen molar-refractivity contribution in [2.75, 3.05) is 13.6 Å². The van der Waals surface area contributed by atoms with Crippen LogP contribution in [0.2, 0.25) is 0 Å². The number of hydrogen-bond donors (Lipinski definition) is 1. The molecule has 1 fully saturated rings. The van der Waals surface area contributed by atoms with Crippen LogP contribution in [0.5, 0.6) is 0 Å².